The lowest BCUT2D eigenvalue weighted by atomic mass is 9.99. The van der Waals surface area contributed by atoms with Crippen LogP contribution in [0.1, 0.15) is 42.5 Å². The van der Waals surface area contributed by atoms with Crippen molar-refractivity contribution in [3.8, 4) is 11.3 Å². The van der Waals surface area contributed by atoms with Crippen molar-refractivity contribution in [3.63, 3.8) is 0 Å². The molecule has 1 atom stereocenters. The lowest BCUT2D eigenvalue weighted by Crippen LogP contribution is -2.47. The highest BCUT2D eigenvalue weighted by molar-refractivity contribution is 7.99. The molecule has 1 aromatic heterocycles. The number of likely N-dealkylation sites (tertiary alicyclic amines) is 2. The number of benzene rings is 1. The average molecular weight is 699 g/mol. The van der Waals surface area contributed by atoms with Gasteiger partial charge in [-0.2, -0.15) is 30.0 Å². The number of carbonyl (C=O) groups is 2. The van der Waals surface area contributed by atoms with E-state index in [4.69, 9.17) is 10.2 Å². The third-order valence-electron chi connectivity index (χ3n) is 9.13. The van der Waals surface area contributed by atoms with Gasteiger partial charge in [0.25, 0.3) is 0 Å². The zero-order valence-corrected chi connectivity index (χ0v) is 28.4. The van der Waals surface area contributed by atoms with E-state index in [0.717, 1.165) is 49.8 Å². The van der Waals surface area contributed by atoms with Crippen LogP contribution in [-0.2, 0) is 35.3 Å². The lowest BCUT2D eigenvalue weighted by molar-refractivity contribution is -0.139. The number of alkyl halides is 3. The largest absolute Gasteiger partial charge is 0.417 e. The molecule has 0 aliphatic carbocycles. The van der Waals surface area contributed by atoms with Crippen LogP contribution in [0.25, 0.3) is 11.3 Å². The number of carbonyl (C=O) groups excluding carboxylic acids is 2. The number of halogens is 3. The molecule has 3 aliphatic rings. The number of hydrogen-bond donors (Lipinski definition) is 3. The Labute approximate surface area is 282 Å². The normalized spacial score (nSPS) is 18.8. The zero-order chi connectivity index (χ0) is 33.6. The van der Waals surface area contributed by atoms with E-state index < -0.39 is 30.4 Å². The van der Waals surface area contributed by atoms with Gasteiger partial charge < -0.3 is 30.2 Å². The van der Waals surface area contributed by atoms with Crippen molar-refractivity contribution in [2.75, 3.05) is 70.2 Å². The molecule has 5 rings (SSSR count). The smallest absolute Gasteiger partial charge is 0.390 e. The van der Waals surface area contributed by atoms with Crippen LogP contribution in [-0.4, -0.2) is 129 Å². The summed E-state index contributed by atoms with van der Waals surface area (Å²) < 4.78 is 44.0. The molecule has 15 heteroatoms. The molecule has 0 bridgehead atoms. The van der Waals surface area contributed by atoms with Gasteiger partial charge in [0.1, 0.15) is 6.61 Å². The molecule has 10 nitrogen and oxygen atoms in total. The molecule has 2 fully saturated rings. The van der Waals surface area contributed by atoms with Gasteiger partial charge in [-0.15, -0.1) is 11.8 Å². The first kappa shape index (κ1) is 36.0. The number of rotatable bonds is 13. The molecular formula is C32H45F3N6O4S2. The van der Waals surface area contributed by atoms with Crippen LogP contribution in [0.4, 0.5) is 13.2 Å². The Morgan fingerprint density at radius 3 is 2.51 bits per heavy atom. The van der Waals surface area contributed by atoms with Crippen LogP contribution in [0.2, 0.25) is 0 Å². The predicted molar refractivity (Wildman–Crippen MR) is 177 cm³/mol. The predicted octanol–water partition coefficient (Wildman–Crippen LogP) is 2.94. The van der Waals surface area contributed by atoms with Crippen molar-refractivity contribution in [3.05, 3.63) is 35.0 Å². The minimum absolute atomic E-state index is 0.00559. The molecule has 0 saturated carbocycles. The first-order chi connectivity index (χ1) is 22.5. The molecule has 2 amide bonds. The number of thioether (sulfide) groups is 2. The molecule has 0 spiro atoms. The number of hydrogen-bond acceptors (Lipinski definition) is 9. The van der Waals surface area contributed by atoms with E-state index in [1.54, 1.807) is 15.6 Å². The fourth-order valence-electron chi connectivity index (χ4n) is 6.70. The topological polar surface area (TPSA) is 114 Å². The standard InChI is InChI=1S/C32H45F3N6O4S2/c1-46-21-30(45)40-13-8-27-25(19-40)31(37-41(27)18-24(43)17-39-11-6-23(7-12-39)36-29(44)20-42)22-4-5-26(32(33,34)35)28(16-22)47-15-14-38-9-2-3-10-38/h4-5,16,23-24,42-43H,2-3,6-15,17-21H2,1H3,(H,36,44). The van der Waals surface area contributed by atoms with E-state index in [1.807, 2.05) is 6.26 Å². The van der Waals surface area contributed by atoms with E-state index in [0.29, 0.717) is 74.7 Å². The van der Waals surface area contributed by atoms with Gasteiger partial charge in [0.15, 0.2) is 0 Å². The number of aliphatic hydroxyl groups is 2. The maximum absolute atomic E-state index is 14.1. The molecule has 2 aromatic rings. The maximum atomic E-state index is 14.1. The number of amides is 2. The van der Waals surface area contributed by atoms with Crippen molar-refractivity contribution in [1.82, 2.24) is 29.8 Å². The number of β-amino-alcohol motifs (C(OH)–C–C–N with tert-alkyl or cyclic N) is 1. The van der Waals surface area contributed by atoms with Gasteiger partial charge in [-0.1, -0.05) is 6.07 Å². The van der Waals surface area contributed by atoms with Gasteiger partial charge in [-0.25, -0.2) is 0 Å². The molecule has 4 heterocycles. The van der Waals surface area contributed by atoms with Crippen LogP contribution >= 0.6 is 23.5 Å². The first-order valence-corrected chi connectivity index (χ1v) is 18.7. The van der Waals surface area contributed by atoms with Gasteiger partial charge in [0.2, 0.25) is 11.8 Å². The van der Waals surface area contributed by atoms with Crippen molar-refractivity contribution in [2.45, 2.75) is 68.4 Å². The van der Waals surface area contributed by atoms with E-state index >= 15 is 0 Å². The van der Waals surface area contributed by atoms with Crippen LogP contribution in [0, 0.1) is 0 Å². The number of nitrogens with one attached hydrogen (secondary N) is 1. The average Bonchev–Trinajstić information content (AvgIpc) is 3.69. The number of aliphatic hydroxyl groups excluding tert-OH is 2. The molecule has 2 saturated heterocycles. The molecule has 0 radical (unpaired) electrons. The highest BCUT2D eigenvalue weighted by atomic mass is 32.2. The third kappa shape index (κ3) is 9.44. The molecule has 47 heavy (non-hydrogen) atoms. The summed E-state index contributed by atoms with van der Waals surface area (Å²) >= 11 is 2.66. The van der Waals surface area contributed by atoms with Crippen LogP contribution in [0.15, 0.2) is 23.1 Å². The first-order valence-electron chi connectivity index (χ1n) is 16.3. The molecule has 260 valence electrons. The van der Waals surface area contributed by atoms with Gasteiger partial charge in [-0.3, -0.25) is 14.3 Å². The monoisotopic (exact) mass is 698 g/mol. The Kier molecular flexibility index (Phi) is 12.6. The summed E-state index contributed by atoms with van der Waals surface area (Å²) in [6.45, 7) is 4.96. The Morgan fingerprint density at radius 2 is 1.83 bits per heavy atom. The van der Waals surface area contributed by atoms with Crippen molar-refractivity contribution < 1.29 is 33.0 Å². The fourth-order valence-corrected chi connectivity index (χ4v) is 8.25. The molecule has 1 unspecified atom stereocenters. The van der Waals surface area contributed by atoms with Crippen molar-refractivity contribution in [1.29, 1.82) is 0 Å². The van der Waals surface area contributed by atoms with Gasteiger partial charge in [-0.05, 0) is 57.2 Å². The summed E-state index contributed by atoms with van der Waals surface area (Å²) in [5.74, 6) is 0.506. The second-order valence-electron chi connectivity index (χ2n) is 12.5. The van der Waals surface area contributed by atoms with Crippen molar-refractivity contribution in [2.24, 2.45) is 0 Å². The van der Waals surface area contributed by atoms with Crippen LogP contribution in [0.5, 0.6) is 0 Å². The molecular weight excluding hydrogens is 654 g/mol. The zero-order valence-electron chi connectivity index (χ0n) is 26.8. The molecule has 1 aromatic carbocycles. The highest BCUT2D eigenvalue weighted by Crippen LogP contribution is 2.40. The second kappa shape index (κ2) is 16.4. The van der Waals surface area contributed by atoms with Gasteiger partial charge >= 0.3 is 6.18 Å². The molecule has 3 N–H and O–H groups in total. The molecule has 3 aliphatic heterocycles. The van der Waals surface area contributed by atoms with E-state index in [-0.39, 0.29) is 23.4 Å². The summed E-state index contributed by atoms with van der Waals surface area (Å²) in [6.07, 6.45) is 0.832. The van der Waals surface area contributed by atoms with Crippen molar-refractivity contribution >= 4 is 35.3 Å². The Balaban J connectivity index is 1.36. The summed E-state index contributed by atoms with van der Waals surface area (Å²) in [6, 6.07) is 4.19. The summed E-state index contributed by atoms with van der Waals surface area (Å²) in [5.41, 5.74) is 2.15. The Hall–Kier alpha value is -2.30. The number of piperidine rings is 1. The van der Waals surface area contributed by atoms with Crippen LogP contribution in [0.3, 0.4) is 0 Å². The second-order valence-corrected chi connectivity index (χ2v) is 14.5. The maximum Gasteiger partial charge on any atom is 0.417 e. The quantitative estimate of drug-likeness (QED) is 0.272. The minimum Gasteiger partial charge on any atom is -0.390 e. The Bertz CT molecular complexity index is 1380. The Morgan fingerprint density at radius 1 is 1.09 bits per heavy atom. The van der Waals surface area contributed by atoms with Crippen LogP contribution < -0.4 is 5.32 Å². The number of aromatic nitrogens is 2. The van der Waals surface area contributed by atoms with Gasteiger partial charge in [0, 0.05) is 79.2 Å². The van der Waals surface area contributed by atoms with E-state index in [2.05, 4.69) is 15.1 Å². The van der Waals surface area contributed by atoms with E-state index in [1.165, 1.54) is 29.6 Å². The summed E-state index contributed by atoms with van der Waals surface area (Å²) in [4.78, 5) is 30.8. The minimum atomic E-state index is -4.49. The fraction of sp³-hybridized carbons (Fsp3) is 0.656. The number of nitrogens with zero attached hydrogens (tertiary/aromatic N) is 5. The highest BCUT2D eigenvalue weighted by Gasteiger charge is 2.35. The summed E-state index contributed by atoms with van der Waals surface area (Å²) in [7, 11) is 0. The third-order valence-corrected chi connectivity index (χ3v) is 10.7. The summed E-state index contributed by atoms with van der Waals surface area (Å²) in [5, 5.41) is 27.8. The van der Waals surface area contributed by atoms with Gasteiger partial charge in [0.05, 0.1) is 29.7 Å². The van der Waals surface area contributed by atoms with E-state index in [9.17, 15) is 27.9 Å². The number of fused-ring (bicyclic) bond motifs is 1. The SMILES string of the molecule is CSCC(=O)N1CCc2c(c(-c3ccc(C(F)(F)F)c(SCCN4CCCC4)c3)nn2CC(O)CN2CCC(NC(=O)CO)CC2)C1. The lowest BCUT2D eigenvalue weighted by Gasteiger charge is -2.33.